The van der Waals surface area contributed by atoms with Crippen LogP contribution in [0, 0.1) is 24.0 Å². The number of thioether (sulfide) groups is 1. The lowest BCUT2D eigenvalue weighted by Gasteiger charge is -2.07. The van der Waals surface area contributed by atoms with Gasteiger partial charge in [0.05, 0.1) is 15.9 Å². The Labute approximate surface area is 184 Å². The predicted molar refractivity (Wildman–Crippen MR) is 118 cm³/mol. The molecule has 0 saturated carbocycles. The number of thiazole rings is 1. The summed E-state index contributed by atoms with van der Waals surface area (Å²) in [6, 6.07) is 8.12. The number of rotatable bonds is 6. The summed E-state index contributed by atoms with van der Waals surface area (Å²) in [4.78, 5) is 36.2. The first-order valence-electron chi connectivity index (χ1n) is 9.19. The normalized spacial score (nSPS) is 12.1. The second-order valence-corrected chi connectivity index (χ2v) is 8.91. The van der Waals surface area contributed by atoms with Crippen molar-refractivity contribution >= 4 is 45.6 Å². The number of aromatic nitrogens is 5. The highest BCUT2D eigenvalue weighted by atomic mass is 32.2. The van der Waals surface area contributed by atoms with E-state index in [-0.39, 0.29) is 11.6 Å². The van der Waals surface area contributed by atoms with Crippen molar-refractivity contribution < 1.29 is 9.72 Å². The Kier molecular flexibility index (Phi) is 5.65. The number of non-ortho nitro benzene ring substituents is 1. The number of nitrogens with one attached hydrogen (secondary N) is 1. The summed E-state index contributed by atoms with van der Waals surface area (Å²) >= 11 is 2.48. The van der Waals surface area contributed by atoms with Gasteiger partial charge in [0.25, 0.3) is 11.5 Å². The highest BCUT2D eigenvalue weighted by Gasteiger charge is 2.20. The lowest BCUT2D eigenvalue weighted by molar-refractivity contribution is -0.384. The van der Waals surface area contributed by atoms with E-state index in [1.807, 2.05) is 19.9 Å². The molecule has 0 aliphatic rings. The van der Waals surface area contributed by atoms with Crippen LogP contribution in [0.3, 0.4) is 0 Å². The van der Waals surface area contributed by atoms with E-state index in [1.165, 1.54) is 35.2 Å². The van der Waals surface area contributed by atoms with Gasteiger partial charge in [-0.05, 0) is 26.8 Å². The molecule has 4 rings (SSSR count). The Hall–Kier alpha value is -3.38. The molecule has 1 atom stereocenters. The number of carbonyl (C=O) groups is 1. The van der Waals surface area contributed by atoms with Crippen LogP contribution in [-0.4, -0.2) is 40.6 Å². The summed E-state index contributed by atoms with van der Waals surface area (Å²) in [7, 11) is 0. The Morgan fingerprint density at radius 2 is 2.06 bits per heavy atom. The van der Waals surface area contributed by atoms with Crippen molar-refractivity contribution in [2.75, 3.05) is 5.32 Å². The third-order valence-electron chi connectivity index (χ3n) is 4.34. The largest absolute Gasteiger partial charge is 0.301 e. The number of hydrogen-bond acceptors (Lipinski definition) is 9. The van der Waals surface area contributed by atoms with Crippen molar-refractivity contribution in [2.45, 2.75) is 31.2 Å². The van der Waals surface area contributed by atoms with Crippen molar-refractivity contribution in [1.29, 1.82) is 0 Å². The number of nitrogens with zero attached hydrogens (tertiary/aromatic N) is 6. The number of hydrogen-bond donors (Lipinski definition) is 1. The maximum atomic E-state index is 12.6. The molecule has 0 aliphatic carbocycles. The average molecular weight is 456 g/mol. The fourth-order valence-electron chi connectivity index (χ4n) is 2.86. The number of fused-ring (bicyclic) bond motifs is 1. The molecule has 0 bridgehead atoms. The number of amides is 1. The number of nitro groups is 1. The van der Waals surface area contributed by atoms with Crippen LogP contribution in [-0.2, 0) is 4.79 Å². The zero-order chi connectivity index (χ0) is 22.1. The maximum Gasteiger partial charge on any atom is 0.270 e. The molecule has 0 radical (unpaired) electrons. The summed E-state index contributed by atoms with van der Waals surface area (Å²) < 4.78 is 1.64. The molecular formula is C19H17N7O3S2. The molecule has 0 spiro atoms. The molecule has 1 N–H and O–H groups in total. The molecule has 10 nitrogen and oxygen atoms in total. The van der Waals surface area contributed by atoms with Crippen molar-refractivity contribution in [2.24, 2.45) is 0 Å². The van der Waals surface area contributed by atoms with Crippen molar-refractivity contribution in [3.05, 3.63) is 57.2 Å². The highest BCUT2D eigenvalue weighted by Crippen LogP contribution is 2.28. The second kappa shape index (κ2) is 8.40. The molecule has 31 heavy (non-hydrogen) atoms. The van der Waals surface area contributed by atoms with Gasteiger partial charge in [0.2, 0.25) is 11.1 Å². The van der Waals surface area contributed by atoms with Gasteiger partial charge in [-0.25, -0.2) is 14.5 Å². The number of benzene rings is 1. The Morgan fingerprint density at radius 1 is 1.26 bits per heavy atom. The van der Waals surface area contributed by atoms with Crippen molar-refractivity contribution in [3.8, 4) is 11.3 Å². The maximum absolute atomic E-state index is 12.6. The third kappa shape index (κ3) is 4.54. The van der Waals surface area contributed by atoms with E-state index >= 15 is 0 Å². The van der Waals surface area contributed by atoms with Gasteiger partial charge in [-0.2, -0.15) is 4.98 Å². The number of aryl methyl sites for hydroxylation is 2. The summed E-state index contributed by atoms with van der Waals surface area (Å²) in [6.45, 7) is 5.56. The molecule has 1 aromatic carbocycles. The molecule has 0 aliphatic heterocycles. The first kappa shape index (κ1) is 20.9. The topological polar surface area (TPSA) is 128 Å². The zero-order valence-corrected chi connectivity index (χ0v) is 18.4. The van der Waals surface area contributed by atoms with Gasteiger partial charge < -0.3 is 5.32 Å². The van der Waals surface area contributed by atoms with Crippen molar-refractivity contribution in [1.82, 2.24) is 24.6 Å². The van der Waals surface area contributed by atoms with E-state index in [2.05, 4.69) is 25.4 Å². The monoisotopic (exact) mass is 455 g/mol. The first-order chi connectivity index (χ1) is 14.8. The first-order valence-corrected chi connectivity index (χ1v) is 10.9. The average Bonchev–Trinajstić information content (AvgIpc) is 3.35. The quantitative estimate of drug-likeness (QED) is 0.263. The van der Waals surface area contributed by atoms with Crippen LogP contribution >= 0.6 is 23.1 Å². The SMILES string of the molecule is Cc1cc(C)n2nc(SC(C)C(=O)Nc3nc(-c4cccc([N+](=O)[O-])c4)cs3)nc2n1. The molecule has 1 unspecified atom stereocenters. The Balaban J connectivity index is 1.44. The molecule has 12 heteroatoms. The summed E-state index contributed by atoms with van der Waals surface area (Å²) in [5, 5.41) is 20.3. The van der Waals surface area contributed by atoms with E-state index in [9.17, 15) is 14.9 Å². The smallest absolute Gasteiger partial charge is 0.270 e. The minimum absolute atomic E-state index is 0.0130. The number of anilines is 1. The van der Waals surface area contributed by atoms with Crippen LogP contribution < -0.4 is 5.32 Å². The van der Waals surface area contributed by atoms with Gasteiger partial charge in [0.1, 0.15) is 0 Å². The molecule has 3 heterocycles. The highest BCUT2D eigenvalue weighted by molar-refractivity contribution is 8.00. The molecule has 3 aromatic heterocycles. The zero-order valence-electron chi connectivity index (χ0n) is 16.8. The van der Waals surface area contributed by atoms with Crippen LogP contribution in [0.1, 0.15) is 18.3 Å². The molecule has 158 valence electrons. The third-order valence-corrected chi connectivity index (χ3v) is 6.05. The fourth-order valence-corrected chi connectivity index (χ4v) is 4.33. The predicted octanol–water partition coefficient (Wildman–Crippen LogP) is 3.89. The summed E-state index contributed by atoms with van der Waals surface area (Å²) in [5.74, 6) is 0.249. The van der Waals surface area contributed by atoms with E-state index in [0.29, 0.717) is 27.3 Å². The van der Waals surface area contributed by atoms with Crippen LogP contribution in [0.4, 0.5) is 10.8 Å². The van der Waals surface area contributed by atoms with E-state index in [0.717, 1.165) is 11.4 Å². The van der Waals surface area contributed by atoms with Crippen molar-refractivity contribution in [3.63, 3.8) is 0 Å². The standard InChI is InChI=1S/C19H17N7O3S2/c1-10-7-11(2)25-17(20-10)23-19(24-25)31-12(3)16(27)22-18-21-15(9-30-18)13-5-4-6-14(8-13)26(28)29/h4-9,12H,1-3H3,(H,21,22,27). The lowest BCUT2D eigenvalue weighted by atomic mass is 10.1. The Bertz CT molecular complexity index is 1300. The van der Waals surface area contributed by atoms with Gasteiger partial charge in [0, 0.05) is 34.5 Å². The lowest BCUT2D eigenvalue weighted by Crippen LogP contribution is -2.22. The van der Waals surface area contributed by atoms with Gasteiger partial charge in [-0.1, -0.05) is 23.9 Å². The number of carbonyl (C=O) groups excluding carboxylic acids is 1. The van der Waals surface area contributed by atoms with Gasteiger partial charge in [-0.3, -0.25) is 14.9 Å². The van der Waals surface area contributed by atoms with Gasteiger partial charge in [0.15, 0.2) is 5.13 Å². The minimum Gasteiger partial charge on any atom is -0.301 e. The van der Waals surface area contributed by atoms with Gasteiger partial charge >= 0.3 is 0 Å². The van der Waals surface area contributed by atoms with E-state index in [4.69, 9.17) is 0 Å². The summed E-state index contributed by atoms with van der Waals surface area (Å²) in [5.41, 5.74) is 2.92. The van der Waals surface area contributed by atoms with Crippen LogP contribution in [0.15, 0.2) is 40.9 Å². The molecule has 1 amide bonds. The molecule has 0 saturated heterocycles. The molecular weight excluding hydrogens is 438 g/mol. The fraction of sp³-hybridized carbons (Fsp3) is 0.211. The van der Waals surface area contributed by atoms with Crippen LogP contribution in [0.2, 0.25) is 0 Å². The van der Waals surface area contributed by atoms with E-state index < -0.39 is 10.2 Å². The summed E-state index contributed by atoms with van der Waals surface area (Å²) in [6.07, 6.45) is 0. The molecule has 4 aromatic rings. The van der Waals surface area contributed by atoms with Crippen LogP contribution in [0.25, 0.3) is 17.0 Å². The number of nitro benzene ring substituents is 1. The minimum atomic E-state index is -0.469. The molecule has 0 fully saturated rings. The van der Waals surface area contributed by atoms with E-state index in [1.54, 1.807) is 29.0 Å². The van der Waals surface area contributed by atoms with Gasteiger partial charge in [-0.15, -0.1) is 16.4 Å². The second-order valence-electron chi connectivity index (χ2n) is 6.74. The Morgan fingerprint density at radius 3 is 2.84 bits per heavy atom. The van der Waals surface area contributed by atoms with Crippen LogP contribution in [0.5, 0.6) is 0 Å².